The Balaban J connectivity index is 1.82. The van der Waals surface area contributed by atoms with E-state index < -0.39 is 11.7 Å². The summed E-state index contributed by atoms with van der Waals surface area (Å²) in [5.74, 6) is -0.141. The molecule has 1 saturated heterocycles. The van der Waals surface area contributed by atoms with E-state index in [1.165, 1.54) is 17.0 Å². The molecule has 0 radical (unpaired) electrons. The lowest BCUT2D eigenvalue weighted by Gasteiger charge is -2.19. The summed E-state index contributed by atoms with van der Waals surface area (Å²) in [4.78, 5) is 13.7. The maximum atomic E-state index is 12.9. The van der Waals surface area contributed by atoms with Crippen molar-refractivity contribution in [1.82, 2.24) is 5.32 Å². The van der Waals surface area contributed by atoms with Gasteiger partial charge in [0.15, 0.2) is 0 Å². The molecule has 3 nitrogen and oxygen atoms in total. The molecule has 2 fully saturated rings. The molecule has 1 N–H and O–H groups in total. The van der Waals surface area contributed by atoms with Gasteiger partial charge in [0.25, 0.3) is 0 Å². The second kappa shape index (κ2) is 5.28. The average Bonchev–Trinajstić information content (AvgIpc) is 3.14. The molecule has 1 aliphatic carbocycles. The van der Waals surface area contributed by atoms with Crippen LogP contribution in [0.2, 0.25) is 0 Å². The van der Waals surface area contributed by atoms with Crippen LogP contribution in [0.3, 0.4) is 0 Å². The van der Waals surface area contributed by atoms with Crippen LogP contribution in [0.1, 0.15) is 24.8 Å². The lowest BCUT2D eigenvalue weighted by Crippen LogP contribution is -2.39. The maximum absolute atomic E-state index is 12.9. The molecule has 114 valence electrons. The summed E-state index contributed by atoms with van der Waals surface area (Å²) in [6.45, 7) is 0.447. The smallest absolute Gasteiger partial charge is 0.311 e. The van der Waals surface area contributed by atoms with Crippen molar-refractivity contribution in [2.45, 2.75) is 37.5 Å². The third-order valence-corrected chi connectivity index (χ3v) is 4.48. The van der Waals surface area contributed by atoms with Gasteiger partial charge in [-0.1, -0.05) is 15.9 Å². The number of halogens is 4. The Morgan fingerprint density at radius 1 is 1.24 bits per heavy atom. The van der Waals surface area contributed by atoms with Crippen molar-refractivity contribution in [2.75, 3.05) is 11.4 Å². The number of benzene rings is 1. The Bertz CT molecular complexity index is 572. The number of hydrogen-bond donors (Lipinski definition) is 1. The minimum atomic E-state index is -4.44. The van der Waals surface area contributed by atoms with E-state index in [2.05, 4.69) is 21.2 Å². The molecule has 7 heteroatoms. The average molecular weight is 363 g/mol. The van der Waals surface area contributed by atoms with Crippen molar-refractivity contribution in [3.63, 3.8) is 0 Å². The van der Waals surface area contributed by atoms with Crippen LogP contribution in [0.15, 0.2) is 22.7 Å². The predicted molar refractivity (Wildman–Crippen MR) is 76.1 cm³/mol. The summed E-state index contributed by atoms with van der Waals surface area (Å²) in [7, 11) is 0. The van der Waals surface area contributed by atoms with Gasteiger partial charge in [-0.15, -0.1) is 0 Å². The predicted octanol–water partition coefficient (Wildman–Crippen LogP) is 3.33. The number of rotatable bonds is 3. The Morgan fingerprint density at radius 2 is 1.95 bits per heavy atom. The largest absolute Gasteiger partial charge is 0.417 e. The summed E-state index contributed by atoms with van der Waals surface area (Å²) in [5, 5.41) is 3.24. The molecule has 0 spiro atoms. The van der Waals surface area contributed by atoms with E-state index >= 15 is 0 Å². The van der Waals surface area contributed by atoms with Crippen molar-refractivity contribution >= 4 is 27.5 Å². The number of anilines is 1. The molecule has 3 rings (SSSR count). The van der Waals surface area contributed by atoms with Gasteiger partial charge in [0, 0.05) is 22.7 Å². The molecule has 2 aliphatic rings. The van der Waals surface area contributed by atoms with E-state index in [9.17, 15) is 18.0 Å². The molecular weight excluding hydrogens is 349 g/mol. The van der Waals surface area contributed by atoms with Gasteiger partial charge in [-0.05, 0) is 37.5 Å². The van der Waals surface area contributed by atoms with Crippen LogP contribution in [-0.4, -0.2) is 24.5 Å². The third-order valence-electron chi connectivity index (χ3n) is 3.79. The van der Waals surface area contributed by atoms with Gasteiger partial charge in [0.2, 0.25) is 5.91 Å². The van der Waals surface area contributed by atoms with E-state index in [-0.39, 0.29) is 16.4 Å². The number of hydrogen-bond acceptors (Lipinski definition) is 2. The standard InChI is InChI=1S/C14H14BrF3N2O/c15-11-4-3-9(7-10(11)14(16,17)18)20-6-5-12(13(20)21)19-8-1-2-8/h3-4,7-8,12,19H,1-2,5-6H2. The van der Waals surface area contributed by atoms with E-state index in [1.54, 1.807) is 0 Å². The highest BCUT2D eigenvalue weighted by Crippen LogP contribution is 2.38. The van der Waals surface area contributed by atoms with Crippen LogP contribution in [0.4, 0.5) is 18.9 Å². The molecule has 1 saturated carbocycles. The van der Waals surface area contributed by atoms with Gasteiger partial charge < -0.3 is 10.2 Å². The monoisotopic (exact) mass is 362 g/mol. The Kier molecular flexibility index (Phi) is 3.73. The van der Waals surface area contributed by atoms with Crippen LogP contribution in [0, 0.1) is 0 Å². The van der Waals surface area contributed by atoms with Gasteiger partial charge in [0.1, 0.15) is 0 Å². The fraction of sp³-hybridized carbons (Fsp3) is 0.500. The van der Waals surface area contributed by atoms with Gasteiger partial charge in [-0.25, -0.2) is 0 Å². The Labute approximate surface area is 128 Å². The second-order valence-electron chi connectivity index (χ2n) is 5.43. The number of carbonyl (C=O) groups excluding carboxylic acids is 1. The first-order chi connectivity index (χ1) is 9.86. The molecule has 1 amide bonds. The lowest BCUT2D eigenvalue weighted by atomic mass is 10.2. The minimum absolute atomic E-state index is 0.0157. The fourth-order valence-electron chi connectivity index (χ4n) is 2.52. The van der Waals surface area contributed by atoms with E-state index in [0.717, 1.165) is 18.9 Å². The van der Waals surface area contributed by atoms with Crippen molar-refractivity contribution in [2.24, 2.45) is 0 Å². The topological polar surface area (TPSA) is 32.3 Å². The first kappa shape index (κ1) is 14.8. The van der Waals surface area contributed by atoms with Crippen molar-refractivity contribution in [3.05, 3.63) is 28.2 Å². The normalized spacial score (nSPS) is 23.0. The Hall–Kier alpha value is -1.08. The quantitative estimate of drug-likeness (QED) is 0.894. The summed E-state index contributed by atoms with van der Waals surface area (Å²) in [6.07, 6.45) is -1.67. The Morgan fingerprint density at radius 3 is 2.57 bits per heavy atom. The van der Waals surface area contributed by atoms with Gasteiger partial charge in [0.05, 0.1) is 11.6 Å². The third kappa shape index (κ3) is 3.08. The van der Waals surface area contributed by atoms with Crippen LogP contribution in [-0.2, 0) is 11.0 Å². The molecule has 1 atom stereocenters. The summed E-state index contributed by atoms with van der Waals surface area (Å²) < 4.78 is 38.8. The molecule has 1 aromatic carbocycles. The van der Waals surface area contributed by atoms with Crippen LogP contribution in [0.25, 0.3) is 0 Å². The SMILES string of the molecule is O=C1C(NC2CC2)CCN1c1ccc(Br)c(C(F)(F)F)c1. The molecule has 1 heterocycles. The van der Waals surface area contributed by atoms with Gasteiger partial charge in [-0.2, -0.15) is 13.2 Å². The van der Waals surface area contributed by atoms with Crippen molar-refractivity contribution in [3.8, 4) is 0 Å². The second-order valence-corrected chi connectivity index (χ2v) is 6.29. The maximum Gasteiger partial charge on any atom is 0.417 e. The van der Waals surface area contributed by atoms with Crippen molar-refractivity contribution < 1.29 is 18.0 Å². The van der Waals surface area contributed by atoms with E-state index in [0.29, 0.717) is 24.7 Å². The summed E-state index contributed by atoms with van der Waals surface area (Å²) in [6, 6.07) is 4.04. The molecule has 0 aromatic heterocycles. The van der Waals surface area contributed by atoms with E-state index in [4.69, 9.17) is 0 Å². The molecule has 1 aliphatic heterocycles. The van der Waals surface area contributed by atoms with Crippen LogP contribution in [0.5, 0.6) is 0 Å². The zero-order chi connectivity index (χ0) is 15.2. The highest BCUT2D eigenvalue weighted by molar-refractivity contribution is 9.10. The van der Waals surface area contributed by atoms with E-state index in [1.807, 2.05) is 0 Å². The number of nitrogens with one attached hydrogen (secondary N) is 1. The van der Waals surface area contributed by atoms with Gasteiger partial charge in [-0.3, -0.25) is 4.79 Å². The number of carbonyl (C=O) groups is 1. The lowest BCUT2D eigenvalue weighted by molar-refractivity contribution is -0.138. The number of nitrogens with zero attached hydrogens (tertiary/aromatic N) is 1. The first-order valence-electron chi connectivity index (χ1n) is 6.80. The molecule has 1 aromatic rings. The fourth-order valence-corrected chi connectivity index (χ4v) is 3.00. The van der Waals surface area contributed by atoms with Gasteiger partial charge >= 0.3 is 6.18 Å². The van der Waals surface area contributed by atoms with Crippen LogP contribution < -0.4 is 10.2 Å². The molecule has 21 heavy (non-hydrogen) atoms. The number of amides is 1. The minimum Gasteiger partial charge on any atom is -0.311 e. The van der Waals surface area contributed by atoms with Crippen molar-refractivity contribution in [1.29, 1.82) is 0 Å². The zero-order valence-corrected chi connectivity index (χ0v) is 12.7. The molecule has 1 unspecified atom stereocenters. The van der Waals surface area contributed by atoms with Crippen LogP contribution >= 0.6 is 15.9 Å². The first-order valence-corrected chi connectivity index (χ1v) is 7.60. The molecular formula is C14H14BrF3N2O. The highest BCUT2D eigenvalue weighted by atomic mass is 79.9. The molecule has 0 bridgehead atoms. The summed E-state index contributed by atoms with van der Waals surface area (Å²) in [5.41, 5.74) is -0.456. The zero-order valence-electron chi connectivity index (χ0n) is 11.1. The highest BCUT2D eigenvalue weighted by Gasteiger charge is 2.38. The number of alkyl halides is 3. The summed E-state index contributed by atoms with van der Waals surface area (Å²) >= 11 is 2.91.